The van der Waals surface area contributed by atoms with Crippen molar-refractivity contribution in [2.75, 3.05) is 25.5 Å². The van der Waals surface area contributed by atoms with Crippen LogP contribution in [0.4, 0.5) is 5.95 Å². The number of hydrogen-bond donors (Lipinski definition) is 0. The molecule has 0 amide bonds. The Bertz CT molecular complexity index is 623. The van der Waals surface area contributed by atoms with Crippen LogP contribution in [-0.2, 0) is 6.54 Å². The largest absolute Gasteiger partial charge is 0.465 e. The zero-order valence-corrected chi connectivity index (χ0v) is 13.6. The van der Waals surface area contributed by atoms with Crippen LogP contribution < -0.4 is 4.90 Å². The molecule has 1 fully saturated rings. The van der Waals surface area contributed by atoms with E-state index in [0.29, 0.717) is 6.04 Å². The fraction of sp³-hybridized carbons (Fsp3) is 0.529. The maximum Gasteiger partial charge on any atom is 0.225 e. The lowest BCUT2D eigenvalue weighted by atomic mass is 9.99. The summed E-state index contributed by atoms with van der Waals surface area (Å²) in [5, 5.41) is 0. The van der Waals surface area contributed by atoms with Crippen LogP contribution in [0, 0.1) is 6.92 Å². The summed E-state index contributed by atoms with van der Waals surface area (Å²) in [6.07, 6.45) is 5.49. The van der Waals surface area contributed by atoms with Crippen molar-refractivity contribution in [2.24, 2.45) is 0 Å². The van der Waals surface area contributed by atoms with E-state index in [1.807, 2.05) is 44.2 Å². The van der Waals surface area contributed by atoms with Crippen molar-refractivity contribution in [3.05, 3.63) is 41.6 Å². The fourth-order valence-corrected chi connectivity index (χ4v) is 3.05. The average Bonchev–Trinajstić information content (AvgIpc) is 2.93. The Balaban J connectivity index is 1.81. The van der Waals surface area contributed by atoms with Crippen molar-refractivity contribution in [3.8, 4) is 0 Å². The monoisotopic (exact) mass is 300 g/mol. The predicted molar refractivity (Wildman–Crippen MR) is 86.8 cm³/mol. The molecule has 2 aromatic heterocycles. The highest BCUT2D eigenvalue weighted by molar-refractivity contribution is 5.28. The van der Waals surface area contributed by atoms with Gasteiger partial charge in [0.05, 0.1) is 18.3 Å². The van der Waals surface area contributed by atoms with Gasteiger partial charge in [0.15, 0.2) is 0 Å². The van der Waals surface area contributed by atoms with Gasteiger partial charge in [0.25, 0.3) is 0 Å². The van der Waals surface area contributed by atoms with E-state index in [0.717, 1.165) is 42.7 Å². The SMILES string of the molecule is Cc1ccc(CN2CCCC[C@H]2c2ccnc(N(C)C)n2)o1. The van der Waals surface area contributed by atoms with E-state index in [4.69, 9.17) is 9.40 Å². The van der Waals surface area contributed by atoms with Gasteiger partial charge in [0, 0.05) is 20.3 Å². The summed E-state index contributed by atoms with van der Waals surface area (Å²) in [6.45, 7) is 3.93. The molecule has 3 heterocycles. The van der Waals surface area contributed by atoms with Crippen molar-refractivity contribution >= 4 is 5.95 Å². The molecule has 0 spiro atoms. The van der Waals surface area contributed by atoms with Gasteiger partial charge in [-0.05, 0) is 44.5 Å². The van der Waals surface area contributed by atoms with Crippen molar-refractivity contribution in [1.29, 1.82) is 0 Å². The molecule has 22 heavy (non-hydrogen) atoms. The number of aryl methyl sites for hydroxylation is 1. The van der Waals surface area contributed by atoms with E-state index in [2.05, 4.69) is 16.0 Å². The molecule has 0 aromatic carbocycles. The first-order valence-electron chi connectivity index (χ1n) is 7.93. The van der Waals surface area contributed by atoms with Crippen molar-refractivity contribution in [3.63, 3.8) is 0 Å². The van der Waals surface area contributed by atoms with Crippen molar-refractivity contribution < 1.29 is 4.42 Å². The zero-order chi connectivity index (χ0) is 15.5. The Hall–Kier alpha value is -1.88. The van der Waals surface area contributed by atoms with Crippen LogP contribution in [0.1, 0.15) is 42.5 Å². The maximum absolute atomic E-state index is 5.75. The summed E-state index contributed by atoms with van der Waals surface area (Å²) in [5.74, 6) is 2.78. The van der Waals surface area contributed by atoms with Gasteiger partial charge in [-0.3, -0.25) is 4.90 Å². The Morgan fingerprint density at radius 3 is 2.86 bits per heavy atom. The molecule has 1 saturated heterocycles. The van der Waals surface area contributed by atoms with Crippen LogP contribution in [0.25, 0.3) is 0 Å². The predicted octanol–water partition coefficient (Wildman–Crippen LogP) is 3.17. The second-order valence-electron chi connectivity index (χ2n) is 6.17. The standard InChI is InChI=1S/C17H24N4O/c1-13-7-8-14(22-13)12-21-11-5-4-6-16(21)15-9-10-18-17(19-15)20(2)3/h7-10,16H,4-6,11-12H2,1-3H3/t16-/m0/s1. The van der Waals surface area contributed by atoms with Crippen LogP contribution >= 0.6 is 0 Å². The molecule has 118 valence electrons. The number of aromatic nitrogens is 2. The normalized spacial score (nSPS) is 19.3. The fourth-order valence-electron chi connectivity index (χ4n) is 3.05. The molecule has 1 atom stereocenters. The molecule has 0 N–H and O–H groups in total. The van der Waals surface area contributed by atoms with Gasteiger partial charge in [-0.25, -0.2) is 9.97 Å². The third-order valence-corrected chi connectivity index (χ3v) is 4.17. The number of rotatable bonds is 4. The van der Waals surface area contributed by atoms with Crippen LogP contribution in [-0.4, -0.2) is 35.5 Å². The number of nitrogens with zero attached hydrogens (tertiary/aromatic N) is 4. The number of likely N-dealkylation sites (tertiary alicyclic amines) is 1. The molecule has 5 heteroatoms. The summed E-state index contributed by atoms with van der Waals surface area (Å²) in [7, 11) is 3.95. The molecule has 0 radical (unpaired) electrons. The van der Waals surface area contributed by atoms with E-state index in [9.17, 15) is 0 Å². The highest BCUT2D eigenvalue weighted by Crippen LogP contribution is 2.31. The van der Waals surface area contributed by atoms with E-state index in [1.54, 1.807) is 0 Å². The van der Waals surface area contributed by atoms with Gasteiger partial charge >= 0.3 is 0 Å². The maximum atomic E-state index is 5.75. The van der Waals surface area contributed by atoms with Gasteiger partial charge < -0.3 is 9.32 Å². The Morgan fingerprint density at radius 1 is 1.27 bits per heavy atom. The highest BCUT2D eigenvalue weighted by Gasteiger charge is 2.26. The molecule has 1 aliphatic heterocycles. The first kappa shape index (κ1) is 15.0. The molecule has 2 aromatic rings. The first-order valence-corrected chi connectivity index (χ1v) is 7.93. The smallest absolute Gasteiger partial charge is 0.225 e. The minimum Gasteiger partial charge on any atom is -0.465 e. The van der Waals surface area contributed by atoms with E-state index in [-0.39, 0.29) is 0 Å². The minimum atomic E-state index is 0.348. The third-order valence-electron chi connectivity index (χ3n) is 4.17. The second-order valence-corrected chi connectivity index (χ2v) is 6.17. The minimum absolute atomic E-state index is 0.348. The third kappa shape index (κ3) is 3.30. The van der Waals surface area contributed by atoms with Gasteiger partial charge in [-0.15, -0.1) is 0 Å². The van der Waals surface area contributed by atoms with Gasteiger partial charge in [0.1, 0.15) is 11.5 Å². The highest BCUT2D eigenvalue weighted by atomic mass is 16.3. The van der Waals surface area contributed by atoms with E-state index < -0.39 is 0 Å². The molecule has 0 saturated carbocycles. The Kier molecular flexibility index (Phi) is 4.43. The summed E-state index contributed by atoms with van der Waals surface area (Å²) >= 11 is 0. The number of piperidine rings is 1. The molecule has 5 nitrogen and oxygen atoms in total. The zero-order valence-electron chi connectivity index (χ0n) is 13.6. The van der Waals surface area contributed by atoms with Crippen molar-refractivity contribution in [2.45, 2.75) is 38.8 Å². The number of anilines is 1. The molecule has 0 aliphatic carbocycles. The molecular weight excluding hydrogens is 276 g/mol. The molecular formula is C17H24N4O. The van der Waals surface area contributed by atoms with Crippen molar-refractivity contribution in [1.82, 2.24) is 14.9 Å². The summed E-state index contributed by atoms with van der Waals surface area (Å²) in [4.78, 5) is 13.5. The van der Waals surface area contributed by atoms with Gasteiger partial charge in [-0.1, -0.05) is 6.42 Å². The van der Waals surface area contributed by atoms with Gasteiger partial charge in [-0.2, -0.15) is 0 Å². The lowest BCUT2D eigenvalue weighted by Crippen LogP contribution is -2.33. The summed E-state index contributed by atoms with van der Waals surface area (Å²) < 4.78 is 5.75. The van der Waals surface area contributed by atoms with E-state index >= 15 is 0 Å². The quantitative estimate of drug-likeness (QED) is 0.868. The van der Waals surface area contributed by atoms with Crippen LogP contribution in [0.5, 0.6) is 0 Å². The van der Waals surface area contributed by atoms with E-state index in [1.165, 1.54) is 12.8 Å². The second kappa shape index (κ2) is 6.48. The molecule has 0 unspecified atom stereocenters. The topological polar surface area (TPSA) is 45.4 Å². The lowest BCUT2D eigenvalue weighted by Gasteiger charge is -2.34. The molecule has 0 bridgehead atoms. The lowest BCUT2D eigenvalue weighted by molar-refractivity contribution is 0.127. The number of hydrogen-bond acceptors (Lipinski definition) is 5. The van der Waals surface area contributed by atoms with Crippen LogP contribution in [0.3, 0.4) is 0 Å². The van der Waals surface area contributed by atoms with Crippen LogP contribution in [0.15, 0.2) is 28.8 Å². The Labute approximate surface area is 132 Å². The first-order chi connectivity index (χ1) is 10.6. The Morgan fingerprint density at radius 2 is 2.14 bits per heavy atom. The number of furan rings is 1. The molecule has 3 rings (SSSR count). The molecule has 1 aliphatic rings. The summed E-state index contributed by atoms with van der Waals surface area (Å²) in [5.41, 5.74) is 1.11. The van der Waals surface area contributed by atoms with Gasteiger partial charge in [0.2, 0.25) is 5.95 Å². The average molecular weight is 300 g/mol. The van der Waals surface area contributed by atoms with Crippen LogP contribution in [0.2, 0.25) is 0 Å². The summed E-state index contributed by atoms with van der Waals surface area (Å²) in [6, 6.07) is 6.50.